The zero-order valence-electron chi connectivity index (χ0n) is 53.1. The van der Waals surface area contributed by atoms with Gasteiger partial charge in [0, 0.05) is 25.7 Å². The fourth-order valence-corrected chi connectivity index (χ4v) is 10.8. The lowest BCUT2D eigenvalue weighted by atomic mass is 10.00. The molecule has 82 heavy (non-hydrogen) atoms. The smallest absolute Gasteiger partial charge is 0.462 e. The van der Waals surface area contributed by atoms with Crippen LogP contribution in [0.1, 0.15) is 299 Å². The van der Waals surface area contributed by atoms with Gasteiger partial charge in [0.1, 0.15) is 19.3 Å². The van der Waals surface area contributed by atoms with Gasteiger partial charge in [0.25, 0.3) is 0 Å². The predicted octanol–water partition coefficient (Wildman–Crippen LogP) is 17.0. The van der Waals surface area contributed by atoms with E-state index in [4.69, 9.17) is 37.0 Å². The van der Waals surface area contributed by atoms with Crippen molar-refractivity contribution in [1.82, 2.24) is 0 Å². The summed E-state index contributed by atoms with van der Waals surface area (Å²) in [6.07, 6.45) is 32.2. The van der Waals surface area contributed by atoms with Crippen LogP contribution in [0.5, 0.6) is 0 Å². The molecule has 19 heteroatoms. The number of esters is 4. The summed E-state index contributed by atoms with van der Waals surface area (Å²) in [6, 6.07) is 0. The number of carbonyl (C=O) groups is 4. The molecule has 0 aliphatic carbocycles. The maximum atomic E-state index is 13.0. The number of ether oxygens (including phenoxy) is 4. The van der Waals surface area contributed by atoms with Gasteiger partial charge in [-0.25, -0.2) is 9.13 Å². The summed E-state index contributed by atoms with van der Waals surface area (Å²) in [5, 5.41) is 10.5. The van der Waals surface area contributed by atoms with Gasteiger partial charge in [-0.1, -0.05) is 248 Å². The molecule has 0 spiro atoms. The van der Waals surface area contributed by atoms with Gasteiger partial charge in [0.15, 0.2) is 12.2 Å². The van der Waals surface area contributed by atoms with Crippen molar-refractivity contribution in [3.63, 3.8) is 0 Å². The molecule has 0 rings (SSSR count). The zero-order valence-corrected chi connectivity index (χ0v) is 54.9. The Morgan fingerprint density at radius 3 is 0.866 bits per heavy atom. The van der Waals surface area contributed by atoms with Crippen LogP contribution in [0.3, 0.4) is 0 Å². The Labute approximate surface area is 498 Å². The van der Waals surface area contributed by atoms with Crippen molar-refractivity contribution in [2.24, 2.45) is 23.7 Å². The summed E-state index contributed by atoms with van der Waals surface area (Å²) in [6.45, 7) is 13.9. The van der Waals surface area contributed by atoms with Gasteiger partial charge >= 0.3 is 39.5 Å². The van der Waals surface area contributed by atoms with Gasteiger partial charge in [-0.3, -0.25) is 37.3 Å². The SMILES string of the molecule is CCC(C)CCCCCCCCC(=O)OC[C@H](COP(=O)(O)OCC(O)COP(=O)(O)OC[C@@H](COC(=O)CCCCCCCCC(C)CC)OC(=O)CCCCCCCCCCC(C)C)OC(=O)CCCCCCCCCCC(C)C. The Morgan fingerprint density at radius 2 is 0.585 bits per heavy atom. The maximum Gasteiger partial charge on any atom is 0.472 e. The zero-order chi connectivity index (χ0) is 61.1. The first kappa shape index (κ1) is 80.1. The molecular weight excluding hydrogens is 1090 g/mol. The molecule has 0 saturated carbocycles. The molecule has 0 bridgehead atoms. The molecular formula is C63H122O17P2. The predicted molar refractivity (Wildman–Crippen MR) is 326 cm³/mol. The molecule has 0 saturated heterocycles. The van der Waals surface area contributed by atoms with Crippen molar-refractivity contribution >= 4 is 39.5 Å². The topological polar surface area (TPSA) is 237 Å². The van der Waals surface area contributed by atoms with Crippen LogP contribution in [-0.4, -0.2) is 96.7 Å². The fraction of sp³-hybridized carbons (Fsp3) is 0.937. The number of hydrogen-bond acceptors (Lipinski definition) is 15. The summed E-state index contributed by atoms with van der Waals surface area (Å²) < 4.78 is 67.9. The van der Waals surface area contributed by atoms with E-state index < -0.39 is 97.5 Å². The summed E-state index contributed by atoms with van der Waals surface area (Å²) in [7, 11) is -9.89. The van der Waals surface area contributed by atoms with Gasteiger partial charge in [0.2, 0.25) is 0 Å². The van der Waals surface area contributed by atoms with E-state index >= 15 is 0 Å². The molecule has 0 aliphatic rings. The third-order valence-electron chi connectivity index (χ3n) is 15.0. The highest BCUT2D eigenvalue weighted by atomic mass is 31.2. The van der Waals surface area contributed by atoms with Gasteiger partial charge in [-0.2, -0.15) is 0 Å². The van der Waals surface area contributed by atoms with Crippen LogP contribution >= 0.6 is 15.6 Å². The highest BCUT2D eigenvalue weighted by Crippen LogP contribution is 2.45. The monoisotopic (exact) mass is 1210 g/mol. The van der Waals surface area contributed by atoms with E-state index in [0.29, 0.717) is 25.7 Å². The summed E-state index contributed by atoms with van der Waals surface area (Å²) in [5.74, 6) is 0.754. The molecule has 0 heterocycles. The van der Waals surface area contributed by atoms with Crippen LogP contribution in [0.15, 0.2) is 0 Å². The Kier molecular flexibility index (Phi) is 52.0. The fourth-order valence-electron chi connectivity index (χ4n) is 9.19. The molecule has 4 unspecified atom stereocenters. The normalized spacial score (nSPS) is 15.1. The number of carbonyl (C=O) groups excluding carboxylic acids is 4. The lowest BCUT2D eigenvalue weighted by molar-refractivity contribution is -0.161. The molecule has 0 aromatic heterocycles. The van der Waals surface area contributed by atoms with Crippen molar-refractivity contribution in [1.29, 1.82) is 0 Å². The average Bonchev–Trinajstić information content (AvgIpc) is 3.43. The van der Waals surface area contributed by atoms with Crippen molar-refractivity contribution in [3.8, 4) is 0 Å². The van der Waals surface area contributed by atoms with Crippen molar-refractivity contribution in [3.05, 3.63) is 0 Å². The van der Waals surface area contributed by atoms with Gasteiger partial charge < -0.3 is 33.8 Å². The first-order valence-electron chi connectivity index (χ1n) is 32.8. The highest BCUT2D eigenvalue weighted by molar-refractivity contribution is 7.47. The van der Waals surface area contributed by atoms with E-state index in [2.05, 4.69) is 55.4 Å². The number of phosphoric acid groups is 2. The van der Waals surface area contributed by atoms with Gasteiger partial charge in [-0.05, 0) is 49.4 Å². The van der Waals surface area contributed by atoms with Crippen LogP contribution in [0, 0.1) is 23.7 Å². The van der Waals surface area contributed by atoms with Crippen molar-refractivity contribution in [2.75, 3.05) is 39.6 Å². The Balaban J connectivity index is 5.27. The molecule has 0 fully saturated rings. The number of rotatable bonds is 60. The van der Waals surface area contributed by atoms with Crippen LogP contribution < -0.4 is 0 Å². The minimum Gasteiger partial charge on any atom is -0.462 e. The van der Waals surface area contributed by atoms with Gasteiger partial charge in [-0.15, -0.1) is 0 Å². The van der Waals surface area contributed by atoms with E-state index in [0.717, 1.165) is 126 Å². The van der Waals surface area contributed by atoms with Crippen LogP contribution in [0.25, 0.3) is 0 Å². The standard InChI is InChI=1S/C63H122O17P2/c1-9-55(7)41-33-25-19-21-27-35-43-60(65)73-49-58(79-62(67)45-37-29-17-13-11-15-23-31-39-53(3)4)51-77-81(69,70)75-47-57(64)48-76-82(71,72)78-52-59(50-74-61(66)44-36-28-22-20-26-34-42-56(8)10-2)80-63(68)46-38-30-18-14-12-16-24-32-40-54(5)6/h53-59,64H,9-52H2,1-8H3,(H,69,70)(H,71,72)/t55?,56?,57?,58-,59-/m1/s1. The number of aliphatic hydroxyl groups is 1. The van der Waals surface area contributed by atoms with Crippen LogP contribution in [-0.2, 0) is 65.4 Å². The second-order valence-electron chi connectivity index (χ2n) is 24.2. The Morgan fingerprint density at radius 1 is 0.341 bits per heavy atom. The molecule has 3 N–H and O–H groups in total. The molecule has 0 radical (unpaired) electrons. The van der Waals surface area contributed by atoms with E-state index in [9.17, 15) is 43.2 Å². The molecule has 0 aromatic carbocycles. The maximum absolute atomic E-state index is 13.0. The van der Waals surface area contributed by atoms with E-state index in [-0.39, 0.29) is 25.7 Å². The van der Waals surface area contributed by atoms with Crippen molar-refractivity contribution in [2.45, 2.75) is 318 Å². The second-order valence-corrected chi connectivity index (χ2v) is 27.1. The lowest BCUT2D eigenvalue weighted by Crippen LogP contribution is -2.30. The minimum atomic E-state index is -4.94. The first-order chi connectivity index (χ1) is 39.2. The number of unbranched alkanes of at least 4 members (excludes halogenated alkanes) is 24. The molecule has 6 atom stereocenters. The molecule has 0 aliphatic heterocycles. The number of phosphoric ester groups is 2. The van der Waals surface area contributed by atoms with Crippen molar-refractivity contribution < 1.29 is 80.2 Å². The largest absolute Gasteiger partial charge is 0.472 e. The molecule has 0 aromatic rings. The van der Waals surface area contributed by atoms with Crippen LogP contribution in [0.4, 0.5) is 0 Å². The molecule has 17 nitrogen and oxygen atoms in total. The number of aliphatic hydroxyl groups excluding tert-OH is 1. The number of hydrogen-bond donors (Lipinski definition) is 3. The minimum absolute atomic E-state index is 0.103. The van der Waals surface area contributed by atoms with E-state index in [1.54, 1.807) is 0 Å². The average molecular weight is 1210 g/mol. The highest BCUT2D eigenvalue weighted by Gasteiger charge is 2.30. The van der Waals surface area contributed by atoms with E-state index in [1.165, 1.54) is 89.9 Å². The van der Waals surface area contributed by atoms with Gasteiger partial charge in [0.05, 0.1) is 26.4 Å². The summed E-state index contributed by atoms with van der Waals surface area (Å²) >= 11 is 0. The Bertz CT molecular complexity index is 1530. The lowest BCUT2D eigenvalue weighted by Gasteiger charge is -2.21. The molecule has 486 valence electrons. The Hall–Kier alpha value is -1.94. The third kappa shape index (κ3) is 54.7. The summed E-state index contributed by atoms with van der Waals surface area (Å²) in [4.78, 5) is 72.1. The summed E-state index contributed by atoms with van der Waals surface area (Å²) in [5.41, 5.74) is 0. The van der Waals surface area contributed by atoms with E-state index in [1.807, 2.05) is 0 Å². The first-order valence-corrected chi connectivity index (χ1v) is 35.8. The van der Waals surface area contributed by atoms with Crippen LogP contribution in [0.2, 0.25) is 0 Å². The quantitative estimate of drug-likeness (QED) is 0.0222. The second kappa shape index (κ2) is 53.3. The molecule has 0 amide bonds. The third-order valence-corrected chi connectivity index (χ3v) is 16.9.